The molecule has 1 heterocycles. The van der Waals surface area contributed by atoms with E-state index in [9.17, 15) is 13.2 Å². The predicted molar refractivity (Wildman–Crippen MR) is 99.1 cm³/mol. The first kappa shape index (κ1) is 18.4. The standard InChI is InChI=1S/C19H28N2O3S/c1-13(2)18-16-12-15(10-11-17(16)20-19(18)22)25(23,24)21-14-8-6-4-3-5-7-9-14/h10-14,18,21H,3-9H2,1-2H3,(H,20,22). The zero-order valence-corrected chi connectivity index (χ0v) is 15.9. The summed E-state index contributed by atoms with van der Waals surface area (Å²) in [6.45, 7) is 3.96. The molecule has 1 aliphatic carbocycles. The highest BCUT2D eigenvalue weighted by Gasteiger charge is 2.34. The van der Waals surface area contributed by atoms with Crippen LogP contribution >= 0.6 is 0 Å². The summed E-state index contributed by atoms with van der Waals surface area (Å²) in [5.41, 5.74) is 1.52. The van der Waals surface area contributed by atoms with Crippen molar-refractivity contribution in [2.75, 3.05) is 5.32 Å². The van der Waals surface area contributed by atoms with Gasteiger partial charge in [0.15, 0.2) is 0 Å². The lowest BCUT2D eigenvalue weighted by Crippen LogP contribution is -2.35. The third-order valence-electron chi connectivity index (χ3n) is 5.30. The minimum absolute atomic E-state index is 0.0132. The van der Waals surface area contributed by atoms with E-state index in [0.29, 0.717) is 0 Å². The van der Waals surface area contributed by atoms with Crippen LogP contribution in [0.25, 0.3) is 0 Å². The van der Waals surface area contributed by atoms with Gasteiger partial charge in [0.05, 0.1) is 10.8 Å². The number of hydrogen-bond donors (Lipinski definition) is 2. The number of benzene rings is 1. The van der Waals surface area contributed by atoms with Crippen LogP contribution in [0, 0.1) is 5.92 Å². The highest BCUT2D eigenvalue weighted by molar-refractivity contribution is 7.89. The van der Waals surface area contributed by atoms with Crippen molar-refractivity contribution in [3.05, 3.63) is 23.8 Å². The predicted octanol–water partition coefficient (Wildman–Crippen LogP) is 3.77. The Morgan fingerprint density at radius 3 is 2.36 bits per heavy atom. The van der Waals surface area contributed by atoms with E-state index in [2.05, 4.69) is 10.0 Å². The molecule has 1 aromatic carbocycles. The minimum atomic E-state index is -3.57. The Kier molecular flexibility index (Phi) is 5.49. The second-order valence-corrected chi connectivity index (χ2v) is 9.34. The van der Waals surface area contributed by atoms with Crippen molar-refractivity contribution in [1.82, 2.24) is 4.72 Å². The van der Waals surface area contributed by atoms with Crippen LogP contribution < -0.4 is 10.0 Å². The van der Waals surface area contributed by atoms with Crippen molar-refractivity contribution in [3.63, 3.8) is 0 Å². The minimum Gasteiger partial charge on any atom is -0.325 e. The van der Waals surface area contributed by atoms with Gasteiger partial charge < -0.3 is 5.32 Å². The second-order valence-electron chi connectivity index (χ2n) is 7.62. The molecule has 3 rings (SSSR count). The number of rotatable bonds is 4. The van der Waals surface area contributed by atoms with E-state index < -0.39 is 10.0 Å². The van der Waals surface area contributed by atoms with E-state index in [0.717, 1.165) is 36.9 Å². The van der Waals surface area contributed by atoms with Gasteiger partial charge in [0.25, 0.3) is 0 Å². The molecular weight excluding hydrogens is 336 g/mol. The Labute approximate surface area is 150 Å². The molecule has 25 heavy (non-hydrogen) atoms. The third-order valence-corrected chi connectivity index (χ3v) is 6.82. The number of carbonyl (C=O) groups excluding carboxylic acids is 1. The first-order chi connectivity index (χ1) is 11.9. The van der Waals surface area contributed by atoms with E-state index in [1.807, 2.05) is 13.8 Å². The van der Waals surface area contributed by atoms with E-state index in [-0.39, 0.29) is 28.7 Å². The molecule has 1 aromatic rings. The molecule has 138 valence electrons. The zero-order chi connectivity index (χ0) is 18.0. The maximum atomic E-state index is 12.8. The molecule has 0 radical (unpaired) electrons. The Balaban J connectivity index is 1.82. The van der Waals surface area contributed by atoms with Crippen LogP contribution in [0.1, 0.15) is 70.3 Å². The lowest BCUT2D eigenvalue weighted by molar-refractivity contribution is -0.117. The molecule has 1 atom stereocenters. The SMILES string of the molecule is CC(C)C1C(=O)Nc2ccc(S(=O)(=O)NC3CCCCCCC3)cc21. The summed E-state index contributed by atoms with van der Waals surface area (Å²) in [5, 5.41) is 2.85. The fraction of sp³-hybridized carbons (Fsp3) is 0.632. The van der Waals surface area contributed by atoms with Gasteiger partial charge in [-0.3, -0.25) is 4.79 Å². The Hall–Kier alpha value is -1.40. The number of anilines is 1. The van der Waals surface area contributed by atoms with Gasteiger partial charge in [-0.1, -0.05) is 46.0 Å². The molecule has 1 amide bonds. The number of nitrogens with one attached hydrogen (secondary N) is 2. The quantitative estimate of drug-likeness (QED) is 0.854. The molecule has 6 heteroatoms. The summed E-state index contributed by atoms with van der Waals surface area (Å²) in [7, 11) is -3.57. The summed E-state index contributed by atoms with van der Waals surface area (Å²) >= 11 is 0. The van der Waals surface area contributed by atoms with Crippen LogP contribution in [0.5, 0.6) is 0 Å². The topological polar surface area (TPSA) is 75.3 Å². The van der Waals surface area contributed by atoms with Gasteiger partial charge in [0, 0.05) is 11.7 Å². The van der Waals surface area contributed by atoms with E-state index >= 15 is 0 Å². The van der Waals surface area contributed by atoms with Crippen LogP contribution in [0.4, 0.5) is 5.69 Å². The van der Waals surface area contributed by atoms with Gasteiger partial charge in [-0.05, 0) is 42.5 Å². The number of fused-ring (bicyclic) bond motifs is 1. The molecule has 0 spiro atoms. The van der Waals surface area contributed by atoms with Crippen LogP contribution in [-0.4, -0.2) is 20.4 Å². The highest BCUT2D eigenvalue weighted by atomic mass is 32.2. The average molecular weight is 365 g/mol. The molecule has 0 bridgehead atoms. The van der Waals surface area contributed by atoms with Crippen LogP contribution in [0.2, 0.25) is 0 Å². The van der Waals surface area contributed by atoms with Crippen molar-refractivity contribution in [1.29, 1.82) is 0 Å². The fourth-order valence-corrected chi connectivity index (χ4v) is 5.29. The molecular formula is C19H28N2O3S. The molecule has 1 fully saturated rings. The summed E-state index contributed by atoms with van der Waals surface area (Å²) in [4.78, 5) is 12.4. The summed E-state index contributed by atoms with van der Waals surface area (Å²) in [5.74, 6) is -0.211. The van der Waals surface area contributed by atoms with Crippen molar-refractivity contribution in [2.45, 2.75) is 75.6 Å². The normalized spacial score (nSPS) is 22.4. The lowest BCUT2D eigenvalue weighted by Gasteiger charge is -2.21. The van der Waals surface area contributed by atoms with E-state index in [1.54, 1.807) is 18.2 Å². The smallest absolute Gasteiger partial charge is 0.240 e. The van der Waals surface area contributed by atoms with Gasteiger partial charge in [-0.25, -0.2) is 13.1 Å². The van der Waals surface area contributed by atoms with Crippen molar-refractivity contribution >= 4 is 21.6 Å². The second kappa shape index (κ2) is 7.46. The van der Waals surface area contributed by atoms with Crippen LogP contribution in [-0.2, 0) is 14.8 Å². The number of carbonyl (C=O) groups is 1. The third kappa shape index (κ3) is 4.06. The van der Waals surface area contributed by atoms with Gasteiger partial charge in [-0.2, -0.15) is 0 Å². The van der Waals surface area contributed by atoms with Crippen molar-refractivity contribution in [2.24, 2.45) is 5.92 Å². The largest absolute Gasteiger partial charge is 0.325 e. The monoisotopic (exact) mass is 364 g/mol. The lowest BCUT2D eigenvalue weighted by atomic mass is 9.90. The Bertz CT molecular complexity index is 735. The molecule has 1 aliphatic heterocycles. The van der Waals surface area contributed by atoms with Crippen molar-refractivity contribution in [3.8, 4) is 0 Å². The molecule has 5 nitrogen and oxygen atoms in total. The van der Waals surface area contributed by atoms with Gasteiger partial charge >= 0.3 is 0 Å². The number of amides is 1. The molecule has 0 aromatic heterocycles. The summed E-state index contributed by atoms with van der Waals surface area (Å²) < 4.78 is 28.6. The van der Waals surface area contributed by atoms with Crippen LogP contribution in [0.3, 0.4) is 0 Å². The molecule has 1 saturated carbocycles. The zero-order valence-electron chi connectivity index (χ0n) is 15.0. The molecule has 1 unspecified atom stereocenters. The number of sulfonamides is 1. The van der Waals surface area contributed by atoms with E-state index in [1.165, 1.54) is 19.3 Å². The summed E-state index contributed by atoms with van der Waals surface area (Å²) in [6, 6.07) is 4.98. The average Bonchev–Trinajstić information content (AvgIpc) is 2.84. The Morgan fingerprint density at radius 2 is 1.72 bits per heavy atom. The highest BCUT2D eigenvalue weighted by Crippen LogP contribution is 2.38. The van der Waals surface area contributed by atoms with Gasteiger partial charge in [0.2, 0.25) is 15.9 Å². The van der Waals surface area contributed by atoms with Gasteiger partial charge in [-0.15, -0.1) is 0 Å². The molecule has 0 saturated heterocycles. The van der Waals surface area contributed by atoms with Crippen molar-refractivity contribution < 1.29 is 13.2 Å². The van der Waals surface area contributed by atoms with Gasteiger partial charge in [0.1, 0.15) is 0 Å². The molecule has 2 aliphatic rings. The van der Waals surface area contributed by atoms with Crippen LogP contribution in [0.15, 0.2) is 23.1 Å². The summed E-state index contributed by atoms with van der Waals surface area (Å²) in [6.07, 6.45) is 7.57. The fourth-order valence-electron chi connectivity index (χ4n) is 3.95. The molecule has 2 N–H and O–H groups in total. The van der Waals surface area contributed by atoms with E-state index in [4.69, 9.17) is 0 Å². The maximum absolute atomic E-state index is 12.8. The Morgan fingerprint density at radius 1 is 1.08 bits per heavy atom. The first-order valence-electron chi connectivity index (χ1n) is 9.35. The maximum Gasteiger partial charge on any atom is 0.240 e. The number of hydrogen-bond acceptors (Lipinski definition) is 3. The first-order valence-corrected chi connectivity index (χ1v) is 10.8.